The van der Waals surface area contributed by atoms with Crippen LogP contribution in [0.5, 0.6) is 0 Å². The fourth-order valence-electron chi connectivity index (χ4n) is 2.45. The van der Waals surface area contributed by atoms with Gasteiger partial charge in [-0.1, -0.05) is 31.9 Å². The third-order valence-corrected chi connectivity index (χ3v) is 3.72. The average Bonchev–Trinajstić information content (AvgIpc) is 2.82. The van der Waals surface area contributed by atoms with Gasteiger partial charge in [-0.3, -0.25) is 9.48 Å². The number of aromatic nitrogens is 2. The van der Waals surface area contributed by atoms with E-state index >= 15 is 0 Å². The molecule has 0 aliphatic carbocycles. The van der Waals surface area contributed by atoms with Gasteiger partial charge in [0.05, 0.1) is 12.2 Å². The van der Waals surface area contributed by atoms with Crippen LogP contribution in [-0.2, 0) is 6.54 Å². The highest BCUT2D eigenvalue weighted by atomic mass is 16.1. The first-order valence-electron chi connectivity index (χ1n) is 7.98. The zero-order valence-electron chi connectivity index (χ0n) is 13.7. The summed E-state index contributed by atoms with van der Waals surface area (Å²) in [4.78, 5) is 12.0. The number of unbranched alkanes of at least 4 members (excludes halogenated alkanes) is 2. The highest BCUT2D eigenvalue weighted by Gasteiger charge is 2.06. The number of hydrogen-bond donors (Lipinski definition) is 1. The molecular weight excluding hydrogens is 274 g/mol. The Morgan fingerprint density at radius 3 is 2.50 bits per heavy atom. The van der Waals surface area contributed by atoms with E-state index in [1.165, 1.54) is 0 Å². The third-order valence-electron chi connectivity index (χ3n) is 3.72. The number of benzene rings is 1. The molecule has 1 N–H and O–H groups in total. The fraction of sp³-hybridized carbons (Fsp3) is 0.444. The first-order valence-corrected chi connectivity index (χ1v) is 7.98. The molecule has 0 fully saturated rings. The Morgan fingerprint density at radius 1 is 1.18 bits per heavy atom. The summed E-state index contributed by atoms with van der Waals surface area (Å²) in [5, 5.41) is 7.42. The van der Waals surface area contributed by atoms with Gasteiger partial charge in [-0.2, -0.15) is 5.10 Å². The molecule has 0 saturated heterocycles. The molecule has 1 aromatic carbocycles. The molecule has 0 spiro atoms. The Bertz CT molecular complexity index is 614. The maximum Gasteiger partial charge on any atom is 0.251 e. The molecule has 0 atom stereocenters. The first kappa shape index (κ1) is 16.3. The van der Waals surface area contributed by atoms with Gasteiger partial charge in [0.2, 0.25) is 0 Å². The summed E-state index contributed by atoms with van der Waals surface area (Å²) in [7, 11) is 0. The van der Waals surface area contributed by atoms with Crippen molar-refractivity contribution in [3.8, 4) is 0 Å². The SMILES string of the molecule is CCCCCNC(=O)c1ccc(Cn2nc(C)cc2C)cc1. The highest BCUT2D eigenvalue weighted by Crippen LogP contribution is 2.09. The predicted octanol–water partition coefficient (Wildman–Crippen LogP) is 3.47. The Morgan fingerprint density at radius 2 is 1.91 bits per heavy atom. The standard InChI is InChI=1S/C18H25N3O/c1-4-5-6-11-19-18(22)17-9-7-16(8-10-17)13-21-15(3)12-14(2)20-21/h7-10,12H,4-6,11,13H2,1-3H3,(H,19,22). The van der Waals surface area contributed by atoms with Crippen molar-refractivity contribution in [2.24, 2.45) is 0 Å². The van der Waals surface area contributed by atoms with Crippen molar-refractivity contribution in [3.63, 3.8) is 0 Å². The maximum atomic E-state index is 12.0. The molecule has 4 nitrogen and oxygen atoms in total. The molecule has 0 saturated carbocycles. The van der Waals surface area contributed by atoms with E-state index in [-0.39, 0.29) is 5.91 Å². The Balaban J connectivity index is 1.92. The lowest BCUT2D eigenvalue weighted by molar-refractivity contribution is 0.0953. The average molecular weight is 299 g/mol. The lowest BCUT2D eigenvalue weighted by Gasteiger charge is -2.07. The second-order valence-electron chi connectivity index (χ2n) is 5.74. The number of aryl methyl sites for hydroxylation is 2. The molecule has 118 valence electrons. The van der Waals surface area contributed by atoms with Gasteiger partial charge < -0.3 is 5.32 Å². The number of rotatable bonds is 7. The highest BCUT2D eigenvalue weighted by molar-refractivity contribution is 5.94. The van der Waals surface area contributed by atoms with Gasteiger partial charge in [-0.05, 0) is 44.0 Å². The van der Waals surface area contributed by atoms with Crippen molar-refractivity contribution in [1.29, 1.82) is 0 Å². The molecule has 2 aromatic rings. The molecule has 0 aliphatic heterocycles. The van der Waals surface area contributed by atoms with Crippen LogP contribution in [0.3, 0.4) is 0 Å². The van der Waals surface area contributed by atoms with Crippen molar-refractivity contribution in [3.05, 3.63) is 52.8 Å². The molecule has 1 heterocycles. The number of carbonyl (C=O) groups is 1. The van der Waals surface area contributed by atoms with E-state index < -0.39 is 0 Å². The molecule has 1 amide bonds. The van der Waals surface area contributed by atoms with Crippen LogP contribution in [-0.4, -0.2) is 22.2 Å². The van der Waals surface area contributed by atoms with Crippen LogP contribution < -0.4 is 5.32 Å². The summed E-state index contributed by atoms with van der Waals surface area (Å²) in [6.07, 6.45) is 3.36. The number of carbonyl (C=O) groups excluding carboxylic acids is 1. The van der Waals surface area contributed by atoms with Crippen molar-refractivity contribution in [2.75, 3.05) is 6.54 Å². The molecule has 0 radical (unpaired) electrons. The number of nitrogens with zero attached hydrogens (tertiary/aromatic N) is 2. The topological polar surface area (TPSA) is 46.9 Å². The third kappa shape index (κ3) is 4.45. The van der Waals surface area contributed by atoms with Crippen LogP contribution in [0, 0.1) is 13.8 Å². The minimum Gasteiger partial charge on any atom is -0.352 e. The van der Waals surface area contributed by atoms with Crippen LogP contribution in [0.4, 0.5) is 0 Å². The zero-order chi connectivity index (χ0) is 15.9. The molecule has 1 aromatic heterocycles. The summed E-state index contributed by atoms with van der Waals surface area (Å²) in [6.45, 7) is 7.69. The Hall–Kier alpha value is -2.10. The Labute approximate surface area is 132 Å². The van der Waals surface area contributed by atoms with Crippen LogP contribution in [0.1, 0.15) is 53.5 Å². The predicted molar refractivity (Wildman–Crippen MR) is 89.1 cm³/mol. The van der Waals surface area contributed by atoms with E-state index in [2.05, 4.69) is 30.3 Å². The van der Waals surface area contributed by atoms with E-state index in [1.807, 2.05) is 35.9 Å². The summed E-state index contributed by atoms with van der Waals surface area (Å²) < 4.78 is 1.98. The minimum absolute atomic E-state index is 0.00812. The van der Waals surface area contributed by atoms with Crippen LogP contribution >= 0.6 is 0 Å². The quantitative estimate of drug-likeness (QED) is 0.796. The zero-order valence-corrected chi connectivity index (χ0v) is 13.7. The van der Waals surface area contributed by atoms with Crippen LogP contribution in [0.25, 0.3) is 0 Å². The smallest absolute Gasteiger partial charge is 0.251 e. The van der Waals surface area contributed by atoms with Crippen molar-refractivity contribution in [1.82, 2.24) is 15.1 Å². The van der Waals surface area contributed by atoms with Gasteiger partial charge in [0, 0.05) is 17.8 Å². The molecule has 4 heteroatoms. The van der Waals surface area contributed by atoms with Crippen LogP contribution in [0.2, 0.25) is 0 Å². The van der Waals surface area contributed by atoms with Gasteiger partial charge in [0.15, 0.2) is 0 Å². The van der Waals surface area contributed by atoms with Crippen LogP contribution in [0.15, 0.2) is 30.3 Å². The van der Waals surface area contributed by atoms with Gasteiger partial charge in [0.1, 0.15) is 0 Å². The lowest BCUT2D eigenvalue weighted by Crippen LogP contribution is -2.24. The molecule has 0 aliphatic rings. The molecule has 0 bridgehead atoms. The molecular formula is C18H25N3O. The van der Waals surface area contributed by atoms with E-state index in [9.17, 15) is 4.79 Å². The monoisotopic (exact) mass is 299 g/mol. The van der Waals surface area contributed by atoms with E-state index in [4.69, 9.17) is 0 Å². The summed E-state index contributed by atoms with van der Waals surface area (Å²) in [5.41, 5.74) is 4.04. The molecule has 0 unspecified atom stereocenters. The lowest BCUT2D eigenvalue weighted by atomic mass is 10.1. The summed E-state index contributed by atoms with van der Waals surface area (Å²) in [5.74, 6) is 0.00812. The minimum atomic E-state index is 0.00812. The first-order chi connectivity index (χ1) is 10.6. The second-order valence-corrected chi connectivity index (χ2v) is 5.74. The number of hydrogen-bond acceptors (Lipinski definition) is 2. The normalized spacial score (nSPS) is 10.7. The number of nitrogens with one attached hydrogen (secondary N) is 1. The molecule has 2 rings (SSSR count). The van der Waals surface area contributed by atoms with E-state index in [1.54, 1.807) is 0 Å². The van der Waals surface area contributed by atoms with Crippen molar-refractivity contribution >= 4 is 5.91 Å². The Kier molecular flexibility index (Phi) is 5.75. The van der Waals surface area contributed by atoms with E-state index in [0.29, 0.717) is 5.56 Å². The van der Waals surface area contributed by atoms with Crippen molar-refractivity contribution in [2.45, 2.75) is 46.6 Å². The summed E-state index contributed by atoms with van der Waals surface area (Å²) >= 11 is 0. The van der Waals surface area contributed by atoms with Gasteiger partial charge in [0.25, 0.3) is 5.91 Å². The van der Waals surface area contributed by atoms with Gasteiger partial charge in [-0.15, -0.1) is 0 Å². The van der Waals surface area contributed by atoms with E-state index in [0.717, 1.165) is 49.3 Å². The summed E-state index contributed by atoms with van der Waals surface area (Å²) in [6, 6.07) is 9.83. The van der Waals surface area contributed by atoms with Gasteiger partial charge >= 0.3 is 0 Å². The van der Waals surface area contributed by atoms with Gasteiger partial charge in [-0.25, -0.2) is 0 Å². The van der Waals surface area contributed by atoms with Crippen molar-refractivity contribution < 1.29 is 4.79 Å². The fourth-order valence-corrected chi connectivity index (χ4v) is 2.45. The molecule has 22 heavy (non-hydrogen) atoms. The second kappa shape index (κ2) is 7.78. The maximum absolute atomic E-state index is 12.0. The number of amides is 1. The largest absolute Gasteiger partial charge is 0.352 e.